The molecule has 212 valence electrons. The lowest BCUT2D eigenvalue weighted by Crippen LogP contribution is -2.51. The summed E-state index contributed by atoms with van der Waals surface area (Å²) in [6, 6.07) is 9.02. The number of halogens is 4. The van der Waals surface area contributed by atoms with E-state index in [2.05, 4.69) is 26.1 Å². The molecule has 2 atom stereocenters. The number of sulfonamides is 1. The molecular formula is C24H23F4N7O4S. The van der Waals surface area contributed by atoms with Crippen LogP contribution in [0.25, 0.3) is 0 Å². The van der Waals surface area contributed by atoms with Gasteiger partial charge >= 0.3 is 6.18 Å². The summed E-state index contributed by atoms with van der Waals surface area (Å²) in [6.07, 6.45) is -0.172. The second kappa shape index (κ2) is 11.0. The maximum atomic E-state index is 13.8. The van der Waals surface area contributed by atoms with Crippen molar-refractivity contribution in [3.8, 4) is 5.75 Å². The Hall–Kier alpha value is -4.44. The van der Waals surface area contributed by atoms with Gasteiger partial charge in [0.05, 0.1) is 11.9 Å². The van der Waals surface area contributed by atoms with Crippen LogP contribution in [-0.4, -0.2) is 36.2 Å². The van der Waals surface area contributed by atoms with Gasteiger partial charge in [0.1, 0.15) is 29.3 Å². The van der Waals surface area contributed by atoms with Crippen LogP contribution in [0.4, 0.5) is 29.1 Å². The largest absolute Gasteiger partial charge is 0.484 e. The second-order valence-corrected chi connectivity index (χ2v) is 10.4. The number of hydrogen-bond donors (Lipinski definition) is 5. The molecule has 0 radical (unpaired) electrons. The molecule has 2 heterocycles. The fourth-order valence-corrected chi connectivity index (χ4v) is 4.85. The van der Waals surface area contributed by atoms with E-state index in [0.717, 1.165) is 6.07 Å². The minimum atomic E-state index is -5.01. The van der Waals surface area contributed by atoms with Crippen LogP contribution in [0.15, 0.2) is 73.0 Å². The van der Waals surface area contributed by atoms with Crippen LogP contribution in [0.2, 0.25) is 0 Å². The zero-order valence-electron chi connectivity index (χ0n) is 20.7. The van der Waals surface area contributed by atoms with Gasteiger partial charge in [0.15, 0.2) is 11.3 Å². The summed E-state index contributed by atoms with van der Waals surface area (Å²) in [5.74, 6) is -3.22. The Labute approximate surface area is 225 Å². The molecule has 1 aliphatic heterocycles. The molecule has 1 unspecified atom stereocenters. The third-order valence-electron chi connectivity index (χ3n) is 5.65. The number of nitrogens with zero attached hydrogens (tertiary/aromatic N) is 2. The van der Waals surface area contributed by atoms with Gasteiger partial charge in [0, 0.05) is 12.4 Å². The number of anilines is 2. The molecule has 0 fully saturated rings. The van der Waals surface area contributed by atoms with E-state index in [9.17, 15) is 30.8 Å². The van der Waals surface area contributed by atoms with Crippen molar-refractivity contribution in [1.82, 2.24) is 20.8 Å². The van der Waals surface area contributed by atoms with Crippen molar-refractivity contribution in [3.05, 3.63) is 89.9 Å². The number of nitrogens with two attached hydrogens (primary N) is 1. The Morgan fingerprint density at radius 3 is 2.62 bits per heavy atom. The molecule has 6 N–H and O–H groups in total. The fraction of sp³-hybridized carbons (Fsp3) is 0.208. The molecule has 0 spiro atoms. The van der Waals surface area contributed by atoms with E-state index in [1.54, 1.807) is 6.07 Å². The lowest BCUT2D eigenvalue weighted by atomic mass is 9.89. The Morgan fingerprint density at radius 1 is 1.20 bits per heavy atom. The van der Waals surface area contributed by atoms with Crippen molar-refractivity contribution in [1.29, 1.82) is 0 Å². The number of alkyl halides is 3. The number of carbonyl (C=O) groups is 1. The van der Waals surface area contributed by atoms with E-state index >= 15 is 0 Å². The Balaban J connectivity index is 1.74. The summed E-state index contributed by atoms with van der Waals surface area (Å²) >= 11 is 0. The first kappa shape index (κ1) is 28.6. The third kappa shape index (κ3) is 6.76. The minimum absolute atomic E-state index is 0.142. The smallest absolute Gasteiger partial charge is 0.404 e. The Bertz CT molecular complexity index is 1540. The summed E-state index contributed by atoms with van der Waals surface area (Å²) < 4.78 is 84.6. The summed E-state index contributed by atoms with van der Waals surface area (Å²) in [5, 5.41) is 2.90. The first-order chi connectivity index (χ1) is 18.8. The zero-order valence-corrected chi connectivity index (χ0v) is 21.5. The normalized spacial score (nSPS) is 17.9. The van der Waals surface area contributed by atoms with Gasteiger partial charge in [0.25, 0.3) is 0 Å². The standard InChI is InChI=1S/C24H23F4N7O4S/c1-14(15-3-2-4-17(25)9-15)39-19-10-16(5-6-18(19)34-40(37,38)13-24(26,27)28)23(22(29)36)11-20(33-35-23)32-21-12-30-7-8-31-21/h2-12,14,33-35H,13H2,1H3,(H2,29,36)(H,31,32)/t14-,23?/m0/s1. The van der Waals surface area contributed by atoms with E-state index in [-0.39, 0.29) is 22.8 Å². The van der Waals surface area contributed by atoms with Gasteiger partial charge in [-0.1, -0.05) is 18.2 Å². The van der Waals surface area contributed by atoms with E-state index in [0.29, 0.717) is 11.4 Å². The zero-order chi connectivity index (χ0) is 29.1. The fourth-order valence-electron chi connectivity index (χ4n) is 3.84. The van der Waals surface area contributed by atoms with Crippen LogP contribution < -0.4 is 31.4 Å². The van der Waals surface area contributed by atoms with Crippen LogP contribution in [0.1, 0.15) is 24.2 Å². The molecule has 1 aromatic heterocycles. The van der Waals surface area contributed by atoms with Gasteiger partial charge in [-0.2, -0.15) is 13.2 Å². The number of aromatic nitrogens is 2. The monoisotopic (exact) mass is 581 g/mol. The van der Waals surface area contributed by atoms with Gasteiger partial charge < -0.3 is 21.2 Å². The number of amides is 1. The molecule has 0 bridgehead atoms. The van der Waals surface area contributed by atoms with Crippen molar-refractivity contribution in [2.75, 3.05) is 15.8 Å². The van der Waals surface area contributed by atoms with Crippen molar-refractivity contribution in [2.24, 2.45) is 5.73 Å². The third-order valence-corrected chi connectivity index (χ3v) is 6.89. The molecule has 0 saturated heterocycles. The van der Waals surface area contributed by atoms with E-state index in [1.807, 2.05) is 4.72 Å². The van der Waals surface area contributed by atoms with E-state index in [4.69, 9.17) is 10.5 Å². The number of carbonyl (C=O) groups excluding carboxylic acids is 1. The molecular weight excluding hydrogens is 558 g/mol. The Morgan fingerprint density at radius 2 is 1.98 bits per heavy atom. The van der Waals surface area contributed by atoms with Crippen molar-refractivity contribution < 1.29 is 35.5 Å². The van der Waals surface area contributed by atoms with Gasteiger partial charge in [-0.3, -0.25) is 14.5 Å². The molecule has 4 rings (SSSR count). The molecule has 11 nitrogen and oxygen atoms in total. The maximum absolute atomic E-state index is 13.8. The number of hydrogen-bond acceptors (Lipinski definition) is 9. The molecule has 1 aliphatic rings. The minimum Gasteiger partial charge on any atom is -0.484 e. The highest BCUT2D eigenvalue weighted by Gasteiger charge is 2.42. The number of nitrogens with one attached hydrogen (secondary N) is 4. The predicted molar refractivity (Wildman–Crippen MR) is 136 cm³/mol. The quantitative estimate of drug-likeness (QED) is 0.227. The SMILES string of the molecule is C[C@H](Oc1cc(C2(C(N)=O)C=C(Nc3cnccn3)NN2)ccc1NS(=O)(=O)CC(F)(F)F)c1cccc(F)c1. The molecule has 40 heavy (non-hydrogen) atoms. The number of ether oxygens (including phenoxy) is 1. The lowest BCUT2D eigenvalue weighted by molar-refractivity contribution is -0.123. The van der Waals surface area contributed by atoms with Crippen LogP contribution >= 0.6 is 0 Å². The number of primary amides is 1. The maximum Gasteiger partial charge on any atom is 0.404 e. The van der Waals surface area contributed by atoms with Crippen LogP contribution in [0.5, 0.6) is 5.75 Å². The predicted octanol–water partition coefficient (Wildman–Crippen LogP) is 2.80. The number of benzene rings is 2. The molecule has 3 aromatic rings. The first-order valence-corrected chi connectivity index (χ1v) is 13.1. The van der Waals surface area contributed by atoms with Crippen LogP contribution in [-0.2, 0) is 20.4 Å². The Kier molecular flexibility index (Phi) is 7.84. The topological polar surface area (TPSA) is 160 Å². The van der Waals surface area contributed by atoms with Crippen molar-refractivity contribution in [2.45, 2.75) is 24.7 Å². The first-order valence-electron chi connectivity index (χ1n) is 11.5. The van der Waals surface area contributed by atoms with Crippen LogP contribution in [0.3, 0.4) is 0 Å². The van der Waals surface area contributed by atoms with Gasteiger partial charge in [-0.05, 0) is 48.4 Å². The second-order valence-electron chi connectivity index (χ2n) is 8.70. The van der Waals surface area contributed by atoms with Crippen molar-refractivity contribution in [3.63, 3.8) is 0 Å². The van der Waals surface area contributed by atoms with Gasteiger partial charge in [-0.15, -0.1) is 0 Å². The van der Waals surface area contributed by atoms with E-state index < -0.39 is 45.3 Å². The highest BCUT2D eigenvalue weighted by atomic mass is 32.2. The average molecular weight is 582 g/mol. The number of hydrazine groups is 1. The number of rotatable bonds is 10. The molecule has 2 aromatic carbocycles. The lowest BCUT2D eigenvalue weighted by Gasteiger charge is -2.26. The highest BCUT2D eigenvalue weighted by Crippen LogP contribution is 2.37. The summed E-state index contributed by atoms with van der Waals surface area (Å²) in [6.45, 7) is 1.53. The van der Waals surface area contributed by atoms with Crippen molar-refractivity contribution >= 4 is 27.4 Å². The van der Waals surface area contributed by atoms with Crippen LogP contribution in [0, 0.1) is 5.82 Å². The van der Waals surface area contributed by atoms with E-state index in [1.165, 1.54) is 61.9 Å². The summed E-state index contributed by atoms with van der Waals surface area (Å²) in [5.41, 5.74) is 9.68. The molecule has 0 aliphatic carbocycles. The van der Waals surface area contributed by atoms with Gasteiger partial charge in [-0.25, -0.2) is 23.2 Å². The summed E-state index contributed by atoms with van der Waals surface area (Å²) in [4.78, 5) is 20.7. The summed E-state index contributed by atoms with van der Waals surface area (Å²) in [7, 11) is -4.90. The van der Waals surface area contributed by atoms with Gasteiger partial charge in [0.2, 0.25) is 15.9 Å². The molecule has 16 heteroatoms. The average Bonchev–Trinajstić information content (AvgIpc) is 3.29. The highest BCUT2D eigenvalue weighted by molar-refractivity contribution is 7.92. The molecule has 1 amide bonds. The molecule has 0 saturated carbocycles.